The fraction of sp³-hybridized carbons (Fsp3) is 0.562. The molecule has 2 rings (SSSR count). The number of nitrogens with zero attached hydrogens (tertiary/aromatic N) is 1. The maximum absolute atomic E-state index is 13.6. The molecule has 0 radical (unpaired) electrons. The molecule has 0 saturated heterocycles. The molecule has 1 aliphatic carbocycles. The van der Waals surface area contributed by atoms with E-state index in [1.54, 1.807) is 12.1 Å². The largest absolute Gasteiger partial charge is 0.372 e. The Morgan fingerprint density at radius 2 is 2.05 bits per heavy atom. The molecule has 0 heterocycles. The summed E-state index contributed by atoms with van der Waals surface area (Å²) in [6.07, 6.45) is 5.37. The quantitative estimate of drug-likeness (QED) is 0.792. The van der Waals surface area contributed by atoms with E-state index in [0.717, 1.165) is 19.3 Å². The second-order valence-electron chi connectivity index (χ2n) is 5.61. The number of carbonyl (C=O) groups is 1. The highest BCUT2D eigenvalue weighted by Crippen LogP contribution is 2.18. The van der Waals surface area contributed by atoms with E-state index in [0.29, 0.717) is 24.8 Å². The summed E-state index contributed by atoms with van der Waals surface area (Å²) >= 11 is 0. The second kappa shape index (κ2) is 7.86. The Morgan fingerprint density at radius 3 is 2.76 bits per heavy atom. The van der Waals surface area contributed by atoms with E-state index in [4.69, 9.17) is 0 Å². The van der Waals surface area contributed by atoms with Crippen molar-refractivity contribution in [1.29, 1.82) is 0 Å². The smallest absolute Gasteiger partial charge is 0.315 e. The van der Waals surface area contributed by atoms with Gasteiger partial charge in [0.25, 0.3) is 0 Å². The Balaban J connectivity index is 1.63. The summed E-state index contributed by atoms with van der Waals surface area (Å²) in [7, 11) is 1.86. The number of hydrogen-bond acceptors (Lipinski definition) is 2. The average molecular weight is 293 g/mol. The van der Waals surface area contributed by atoms with Gasteiger partial charge in [-0.15, -0.1) is 0 Å². The maximum Gasteiger partial charge on any atom is 0.315 e. The molecule has 0 aromatic heterocycles. The zero-order valence-electron chi connectivity index (χ0n) is 12.6. The minimum absolute atomic E-state index is 0.0876. The van der Waals surface area contributed by atoms with Crippen molar-refractivity contribution in [1.82, 2.24) is 10.6 Å². The molecule has 2 amide bonds. The molecule has 1 aliphatic rings. The van der Waals surface area contributed by atoms with Crippen molar-refractivity contribution >= 4 is 11.7 Å². The zero-order chi connectivity index (χ0) is 15.1. The van der Waals surface area contributed by atoms with Crippen LogP contribution < -0.4 is 15.5 Å². The van der Waals surface area contributed by atoms with E-state index in [-0.39, 0.29) is 11.8 Å². The van der Waals surface area contributed by atoms with Gasteiger partial charge in [-0.2, -0.15) is 0 Å². The number of benzene rings is 1. The van der Waals surface area contributed by atoms with Gasteiger partial charge in [-0.1, -0.05) is 25.0 Å². The van der Waals surface area contributed by atoms with Crippen LogP contribution in [0.3, 0.4) is 0 Å². The Morgan fingerprint density at radius 1 is 1.33 bits per heavy atom. The topological polar surface area (TPSA) is 44.4 Å². The van der Waals surface area contributed by atoms with Crippen molar-refractivity contribution in [2.24, 2.45) is 0 Å². The van der Waals surface area contributed by atoms with E-state index in [1.165, 1.54) is 18.9 Å². The predicted octanol–water partition coefficient (Wildman–Crippen LogP) is 2.89. The standard InChI is InChI=1S/C16H24FN3O/c1-20(15-10-5-4-9-14(15)17)12-6-11-18-16(21)19-13-7-2-3-8-13/h4-5,9-10,13H,2-3,6-8,11-12H2,1H3,(H2,18,19,21). The van der Waals surface area contributed by atoms with Crippen LogP contribution in [0.2, 0.25) is 0 Å². The third kappa shape index (κ3) is 4.92. The van der Waals surface area contributed by atoms with E-state index in [2.05, 4.69) is 10.6 Å². The van der Waals surface area contributed by atoms with E-state index in [1.807, 2.05) is 18.0 Å². The molecule has 0 atom stereocenters. The van der Waals surface area contributed by atoms with Gasteiger partial charge in [-0.3, -0.25) is 0 Å². The second-order valence-corrected chi connectivity index (χ2v) is 5.61. The first-order chi connectivity index (χ1) is 10.2. The van der Waals surface area contributed by atoms with Crippen LogP contribution in [0.5, 0.6) is 0 Å². The summed E-state index contributed by atoms with van der Waals surface area (Å²) in [6, 6.07) is 6.97. The van der Waals surface area contributed by atoms with Crippen molar-refractivity contribution in [3.8, 4) is 0 Å². The lowest BCUT2D eigenvalue weighted by Crippen LogP contribution is -2.41. The molecule has 1 saturated carbocycles. The van der Waals surface area contributed by atoms with Crippen LogP contribution in [0.1, 0.15) is 32.1 Å². The fourth-order valence-corrected chi connectivity index (χ4v) is 2.71. The van der Waals surface area contributed by atoms with E-state index >= 15 is 0 Å². The van der Waals surface area contributed by atoms with Gasteiger partial charge < -0.3 is 15.5 Å². The van der Waals surface area contributed by atoms with E-state index < -0.39 is 0 Å². The molecule has 1 aromatic rings. The van der Waals surface area contributed by atoms with Crippen LogP contribution in [0.15, 0.2) is 24.3 Å². The molecule has 0 unspecified atom stereocenters. The van der Waals surface area contributed by atoms with Crippen molar-refractivity contribution in [3.63, 3.8) is 0 Å². The molecule has 21 heavy (non-hydrogen) atoms. The highest BCUT2D eigenvalue weighted by Gasteiger charge is 2.16. The maximum atomic E-state index is 13.6. The number of anilines is 1. The fourth-order valence-electron chi connectivity index (χ4n) is 2.71. The summed E-state index contributed by atoms with van der Waals surface area (Å²) in [4.78, 5) is 13.5. The number of hydrogen-bond donors (Lipinski definition) is 2. The van der Waals surface area contributed by atoms with Gasteiger partial charge in [-0.05, 0) is 31.4 Å². The minimum atomic E-state index is -0.216. The van der Waals surface area contributed by atoms with Crippen LogP contribution in [-0.4, -0.2) is 32.2 Å². The van der Waals surface area contributed by atoms with Crippen LogP contribution in [0, 0.1) is 5.82 Å². The number of carbonyl (C=O) groups excluding carboxylic acids is 1. The van der Waals surface area contributed by atoms with Crippen LogP contribution in [-0.2, 0) is 0 Å². The lowest BCUT2D eigenvalue weighted by Gasteiger charge is -2.20. The molecule has 0 bridgehead atoms. The lowest BCUT2D eigenvalue weighted by molar-refractivity contribution is 0.237. The average Bonchev–Trinajstić information content (AvgIpc) is 2.96. The zero-order valence-corrected chi connectivity index (χ0v) is 12.6. The first kappa shape index (κ1) is 15.6. The molecule has 0 spiro atoms. The summed E-state index contributed by atoms with van der Waals surface area (Å²) in [5.41, 5.74) is 0.591. The van der Waals surface area contributed by atoms with Crippen molar-refractivity contribution in [3.05, 3.63) is 30.1 Å². The molecule has 2 N–H and O–H groups in total. The number of urea groups is 1. The number of para-hydroxylation sites is 1. The van der Waals surface area contributed by atoms with Crippen molar-refractivity contribution in [2.45, 2.75) is 38.1 Å². The highest BCUT2D eigenvalue weighted by atomic mass is 19.1. The van der Waals surface area contributed by atoms with Crippen LogP contribution in [0.4, 0.5) is 14.9 Å². The lowest BCUT2D eigenvalue weighted by atomic mass is 10.2. The number of amides is 2. The molecule has 4 nitrogen and oxygen atoms in total. The van der Waals surface area contributed by atoms with Crippen molar-refractivity contribution < 1.29 is 9.18 Å². The Kier molecular flexibility index (Phi) is 5.84. The number of rotatable bonds is 6. The molecule has 0 aliphatic heterocycles. The SMILES string of the molecule is CN(CCCNC(=O)NC1CCCC1)c1ccccc1F. The van der Waals surface area contributed by atoms with Crippen molar-refractivity contribution in [2.75, 3.05) is 25.0 Å². The predicted molar refractivity (Wildman–Crippen MR) is 83.1 cm³/mol. The van der Waals surface area contributed by atoms with Gasteiger partial charge in [0.05, 0.1) is 5.69 Å². The third-order valence-corrected chi connectivity index (χ3v) is 3.91. The summed E-state index contributed by atoms with van der Waals surface area (Å²) in [5, 5.41) is 5.84. The van der Waals surface area contributed by atoms with Crippen LogP contribution >= 0.6 is 0 Å². The third-order valence-electron chi connectivity index (χ3n) is 3.91. The number of halogens is 1. The molecule has 1 fully saturated rings. The molecule has 116 valence electrons. The van der Waals surface area contributed by atoms with Gasteiger partial charge in [0, 0.05) is 26.2 Å². The van der Waals surface area contributed by atoms with Gasteiger partial charge in [0.1, 0.15) is 5.82 Å². The van der Waals surface area contributed by atoms with Gasteiger partial charge in [-0.25, -0.2) is 9.18 Å². The summed E-state index contributed by atoms with van der Waals surface area (Å²) < 4.78 is 13.6. The highest BCUT2D eigenvalue weighted by molar-refractivity contribution is 5.74. The molecule has 1 aromatic carbocycles. The summed E-state index contributed by atoms with van der Waals surface area (Å²) in [5.74, 6) is -0.216. The normalized spacial score (nSPS) is 15.0. The molecule has 5 heteroatoms. The molecular formula is C16H24FN3O. The van der Waals surface area contributed by atoms with Gasteiger partial charge in [0.15, 0.2) is 0 Å². The minimum Gasteiger partial charge on any atom is -0.372 e. The summed E-state index contributed by atoms with van der Waals surface area (Å²) in [6.45, 7) is 1.29. The Labute approximate surface area is 125 Å². The Bertz CT molecular complexity index is 461. The monoisotopic (exact) mass is 293 g/mol. The Hall–Kier alpha value is -1.78. The van der Waals surface area contributed by atoms with Gasteiger partial charge >= 0.3 is 6.03 Å². The number of nitrogens with one attached hydrogen (secondary N) is 2. The molecular weight excluding hydrogens is 269 g/mol. The van der Waals surface area contributed by atoms with E-state index in [9.17, 15) is 9.18 Å². The van der Waals surface area contributed by atoms with Gasteiger partial charge in [0.2, 0.25) is 0 Å². The van der Waals surface area contributed by atoms with Crippen LogP contribution in [0.25, 0.3) is 0 Å². The first-order valence-electron chi connectivity index (χ1n) is 7.67. The first-order valence-corrected chi connectivity index (χ1v) is 7.67.